The largest absolute Gasteiger partial charge is 0.496 e. The molecule has 0 heterocycles. The third-order valence-corrected chi connectivity index (χ3v) is 4.00. The highest BCUT2D eigenvalue weighted by molar-refractivity contribution is 5.96. The fraction of sp³-hybridized carbons (Fsp3) is 0.562. The first-order valence-electron chi connectivity index (χ1n) is 7.18. The molecule has 1 amide bonds. The maximum Gasteiger partial charge on any atom is 0.255 e. The molecule has 110 valence electrons. The number of hydrogen-bond acceptors (Lipinski definition) is 3. The van der Waals surface area contributed by atoms with Crippen LogP contribution in [0.1, 0.15) is 43.0 Å². The van der Waals surface area contributed by atoms with Crippen molar-refractivity contribution in [1.29, 1.82) is 0 Å². The van der Waals surface area contributed by atoms with Crippen LogP contribution in [0, 0.1) is 5.92 Å². The predicted octanol–water partition coefficient (Wildman–Crippen LogP) is 2.37. The molecule has 0 bridgehead atoms. The molecule has 0 spiro atoms. The topological polar surface area (TPSA) is 58.6 Å². The van der Waals surface area contributed by atoms with Crippen molar-refractivity contribution in [3.63, 3.8) is 0 Å². The molecule has 2 unspecified atom stereocenters. The minimum Gasteiger partial charge on any atom is -0.496 e. The van der Waals surface area contributed by atoms with Crippen LogP contribution >= 0.6 is 0 Å². The van der Waals surface area contributed by atoms with E-state index in [1.54, 1.807) is 25.3 Å². The minimum atomic E-state index is -0.769. The maximum absolute atomic E-state index is 12.2. The summed E-state index contributed by atoms with van der Waals surface area (Å²) in [4.78, 5) is 12.2. The van der Waals surface area contributed by atoms with Crippen LogP contribution in [0.15, 0.2) is 24.3 Å². The van der Waals surface area contributed by atoms with Gasteiger partial charge >= 0.3 is 0 Å². The lowest BCUT2D eigenvalue weighted by Crippen LogP contribution is -2.45. The second kappa shape index (κ2) is 6.27. The molecule has 0 saturated heterocycles. The van der Waals surface area contributed by atoms with E-state index in [9.17, 15) is 9.90 Å². The van der Waals surface area contributed by atoms with E-state index >= 15 is 0 Å². The number of carbonyl (C=O) groups is 1. The Morgan fingerprint density at radius 3 is 2.95 bits per heavy atom. The van der Waals surface area contributed by atoms with Crippen molar-refractivity contribution in [3.05, 3.63) is 29.8 Å². The molecule has 0 radical (unpaired) electrons. The molecular weight excluding hydrogens is 254 g/mol. The quantitative estimate of drug-likeness (QED) is 0.888. The van der Waals surface area contributed by atoms with Gasteiger partial charge in [0.1, 0.15) is 5.75 Å². The van der Waals surface area contributed by atoms with Crippen LogP contribution in [0.3, 0.4) is 0 Å². The molecule has 1 aliphatic rings. The van der Waals surface area contributed by atoms with Crippen LogP contribution < -0.4 is 10.1 Å². The third-order valence-electron chi connectivity index (χ3n) is 4.00. The van der Waals surface area contributed by atoms with Gasteiger partial charge in [0, 0.05) is 6.54 Å². The SMILES string of the molecule is COc1ccccc1C(=O)NCC1(O)CCCC(C)C1. The highest BCUT2D eigenvalue weighted by Gasteiger charge is 2.33. The van der Waals surface area contributed by atoms with Crippen molar-refractivity contribution in [2.75, 3.05) is 13.7 Å². The summed E-state index contributed by atoms with van der Waals surface area (Å²) in [7, 11) is 1.54. The monoisotopic (exact) mass is 277 g/mol. The predicted molar refractivity (Wildman–Crippen MR) is 77.9 cm³/mol. The van der Waals surface area contributed by atoms with Gasteiger partial charge in [-0.15, -0.1) is 0 Å². The number of carbonyl (C=O) groups excluding carboxylic acids is 1. The van der Waals surface area contributed by atoms with E-state index in [0.29, 0.717) is 23.8 Å². The van der Waals surface area contributed by atoms with Gasteiger partial charge in [0.2, 0.25) is 0 Å². The van der Waals surface area contributed by atoms with Gasteiger partial charge in [-0.05, 0) is 30.9 Å². The van der Waals surface area contributed by atoms with Crippen molar-refractivity contribution in [3.8, 4) is 5.75 Å². The molecule has 1 saturated carbocycles. The normalized spacial score (nSPS) is 26.1. The molecule has 20 heavy (non-hydrogen) atoms. The maximum atomic E-state index is 12.2. The Hall–Kier alpha value is -1.55. The molecular formula is C16H23NO3. The van der Waals surface area contributed by atoms with Gasteiger partial charge in [0.15, 0.2) is 0 Å². The fourth-order valence-electron chi connectivity index (χ4n) is 2.97. The molecule has 2 atom stereocenters. The molecule has 4 nitrogen and oxygen atoms in total. The minimum absolute atomic E-state index is 0.200. The summed E-state index contributed by atoms with van der Waals surface area (Å²) >= 11 is 0. The van der Waals surface area contributed by atoms with Gasteiger partial charge in [0.25, 0.3) is 5.91 Å². The summed E-state index contributed by atoms with van der Waals surface area (Å²) in [5, 5.41) is 13.4. The first kappa shape index (κ1) is 14.9. The number of amides is 1. The van der Waals surface area contributed by atoms with E-state index in [2.05, 4.69) is 12.2 Å². The zero-order valence-electron chi connectivity index (χ0n) is 12.2. The number of nitrogens with one attached hydrogen (secondary N) is 1. The molecule has 1 aromatic rings. The Morgan fingerprint density at radius 1 is 1.50 bits per heavy atom. The zero-order valence-corrected chi connectivity index (χ0v) is 12.2. The first-order chi connectivity index (χ1) is 9.54. The van der Waals surface area contributed by atoms with Crippen molar-refractivity contribution in [1.82, 2.24) is 5.32 Å². The smallest absolute Gasteiger partial charge is 0.255 e. The number of methoxy groups -OCH3 is 1. The van der Waals surface area contributed by atoms with Crippen LogP contribution in [0.25, 0.3) is 0 Å². The third kappa shape index (κ3) is 3.51. The van der Waals surface area contributed by atoms with E-state index in [1.165, 1.54) is 0 Å². The zero-order chi connectivity index (χ0) is 14.6. The molecule has 1 aromatic carbocycles. The van der Waals surface area contributed by atoms with Crippen molar-refractivity contribution in [2.45, 2.75) is 38.2 Å². The summed E-state index contributed by atoms with van der Waals surface area (Å²) < 4.78 is 5.18. The summed E-state index contributed by atoms with van der Waals surface area (Å²) in [6.45, 7) is 2.44. The van der Waals surface area contributed by atoms with Gasteiger partial charge < -0.3 is 15.2 Å². The second-order valence-electron chi connectivity index (χ2n) is 5.81. The van der Waals surface area contributed by atoms with Gasteiger partial charge in [-0.25, -0.2) is 0 Å². The number of benzene rings is 1. The summed E-state index contributed by atoms with van der Waals surface area (Å²) in [5.74, 6) is 0.861. The number of hydrogen-bond donors (Lipinski definition) is 2. The number of rotatable bonds is 4. The Balaban J connectivity index is 1.98. The first-order valence-corrected chi connectivity index (χ1v) is 7.18. The van der Waals surface area contributed by atoms with Gasteiger partial charge in [-0.2, -0.15) is 0 Å². The summed E-state index contributed by atoms with van der Waals surface area (Å²) in [6.07, 6.45) is 3.67. The van der Waals surface area contributed by atoms with Crippen LogP contribution in [-0.2, 0) is 0 Å². The highest BCUT2D eigenvalue weighted by atomic mass is 16.5. The standard InChI is InChI=1S/C16H23NO3/c1-12-6-5-9-16(19,10-12)11-17-15(18)13-7-3-4-8-14(13)20-2/h3-4,7-8,12,19H,5-6,9-11H2,1-2H3,(H,17,18). The number of aliphatic hydroxyl groups is 1. The van der Waals surface area contributed by atoms with E-state index in [0.717, 1.165) is 25.7 Å². The van der Waals surface area contributed by atoms with Crippen LogP contribution in [0.4, 0.5) is 0 Å². The average molecular weight is 277 g/mol. The van der Waals surface area contributed by atoms with Crippen LogP contribution in [0.2, 0.25) is 0 Å². The van der Waals surface area contributed by atoms with Crippen LogP contribution in [0.5, 0.6) is 5.75 Å². The van der Waals surface area contributed by atoms with Crippen LogP contribution in [-0.4, -0.2) is 30.3 Å². The average Bonchev–Trinajstić information content (AvgIpc) is 2.44. The molecule has 0 aromatic heterocycles. The van der Waals surface area contributed by atoms with E-state index < -0.39 is 5.60 Å². The Morgan fingerprint density at radius 2 is 2.25 bits per heavy atom. The molecule has 1 fully saturated rings. The summed E-state index contributed by atoms with van der Waals surface area (Å²) in [5.41, 5.74) is -0.266. The van der Waals surface area contributed by atoms with Crippen molar-refractivity contribution < 1.29 is 14.6 Å². The lowest BCUT2D eigenvalue weighted by atomic mass is 9.79. The molecule has 1 aliphatic carbocycles. The molecule has 0 aliphatic heterocycles. The lowest BCUT2D eigenvalue weighted by molar-refractivity contribution is -0.0109. The Labute approximate surface area is 120 Å². The van der Waals surface area contributed by atoms with Gasteiger partial charge in [-0.1, -0.05) is 31.9 Å². The molecule has 4 heteroatoms. The molecule has 2 rings (SSSR count). The van der Waals surface area contributed by atoms with Crippen molar-refractivity contribution >= 4 is 5.91 Å². The Kier molecular flexibility index (Phi) is 4.65. The van der Waals surface area contributed by atoms with E-state index in [4.69, 9.17) is 4.74 Å². The second-order valence-corrected chi connectivity index (χ2v) is 5.81. The van der Waals surface area contributed by atoms with E-state index in [1.807, 2.05) is 6.07 Å². The summed E-state index contributed by atoms with van der Waals surface area (Å²) in [6, 6.07) is 7.11. The lowest BCUT2D eigenvalue weighted by Gasteiger charge is -2.35. The number of para-hydroxylation sites is 1. The molecule has 2 N–H and O–H groups in total. The fourth-order valence-corrected chi connectivity index (χ4v) is 2.97. The highest BCUT2D eigenvalue weighted by Crippen LogP contribution is 2.31. The van der Waals surface area contributed by atoms with E-state index in [-0.39, 0.29) is 5.91 Å². The van der Waals surface area contributed by atoms with Gasteiger partial charge in [0.05, 0.1) is 18.3 Å². The number of ether oxygens (including phenoxy) is 1. The Bertz CT molecular complexity index is 475. The van der Waals surface area contributed by atoms with Gasteiger partial charge in [-0.3, -0.25) is 4.79 Å². The van der Waals surface area contributed by atoms with Crippen molar-refractivity contribution in [2.24, 2.45) is 5.92 Å².